The summed E-state index contributed by atoms with van der Waals surface area (Å²) in [6.07, 6.45) is 2.76. The zero-order valence-electron chi connectivity index (χ0n) is 14.7. The van der Waals surface area contributed by atoms with E-state index in [1.165, 1.54) is 9.25 Å². The van der Waals surface area contributed by atoms with E-state index in [9.17, 15) is 14.4 Å². The molecule has 26 heavy (non-hydrogen) atoms. The van der Waals surface area contributed by atoms with E-state index in [0.717, 1.165) is 12.1 Å². The van der Waals surface area contributed by atoms with Crippen LogP contribution in [-0.4, -0.2) is 43.2 Å². The third-order valence-corrected chi connectivity index (χ3v) is 5.38. The number of rotatable bonds is 3. The Labute approximate surface area is 150 Å². The molecule has 1 fully saturated rings. The molecule has 0 bridgehead atoms. The fourth-order valence-corrected chi connectivity index (χ4v) is 3.96. The lowest BCUT2D eigenvalue weighted by molar-refractivity contribution is -0.132. The van der Waals surface area contributed by atoms with E-state index in [-0.39, 0.29) is 24.2 Å². The van der Waals surface area contributed by atoms with Crippen LogP contribution in [-0.2, 0) is 24.3 Å². The number of pyridine rings is 1. The fourth-order valence-electron chi connectivity index (χ4n) is 3.96. The molecule has 8 nitrogen and oxygen atoms in total. The number of nitrogens with zero attached hydrogens (tertiary/aromatic N) is 5. The molecular weight excluding hydrogens is 334 g/mol. The molecule has 1 saturated heterocycles. The first kappa shape index (κ1) is 16.7. The van der Waals surface area contributed by atoms with Gasteiger partial charge in [0.25, 0.3) is 0 Å². The summed E-state index contributed by atoms with van der Waals surface area (Å²) in [6, 6.07) is 5.54. The van der Waals surface area contributed by atoms with Crippen LogP contribution in [0.25, 0.3) is 0 Å². The number of amides is 1. The molecule has 0 unspecified atom stereocenters. The molecule has 0 N–H and O–H groups in total. The molecule has 2 aliphatic heterocycles. The Balaban J connectivity index is 1.58. The number of piperidine rings is 1. The summed E-state index contributed by atoms with van der Waals surface area (Å²) in [5.74, 6) is 0.923. The van der Waals surface area contributed by atoms with Gasteiger partial charge < -0.3 is 4.90 Å². The Kier molecular flexibility index (Phi) is 4.18. The second-order valence-electron chi connectivity index (χ2n) is 6.89. The third kappa shape index (κ3) is 2.75. The maximum atomic E-state index is 12.7. The largest absolute Gasteiger partial charge is 0.342 e. The van der Waals surface area contributed by atoms with Crippen LogP contribution in [0.1, 0.15) is 30.8 Å². The van der Waals surface area contributed by atoms with Gasteiger partial charge in [-0.25, -0.2) is 4.68 Å². The Morgan fingerprint density at radius 3 is 2.81 bits per heavy atom. The minimum atomic E-state index is -0.571. The molecular formula is C18H21N5O3. The molecule has 4 rings (SSSR count). The number of aryl methyl sites for hydroxylation is 1. The number of aromatic nitrogens is 4. The molecule has 2 aromatic heterocycles. The van der Waals surface area contributed by atoms with Crippen LogP contribution >= 0.6 is 0 Å². The van der Waals surface area contributed by atoms with E-state index < -0.39 is 11.1 Å². The van der Waals surface area contributed by atoms with E-state index in [0.29, 0.717) is 32.0 Å². The van der Waals surface area contributed by atoms with Crippen molar-refractivity contribution < 1.29 is 4.79 Å². The molecule has 1 amide bonds. The molecule has 2 atom stereocenters. The predicted octanol–water partition coefficient (Wildman–Crippen LogP) is 0.00830. The van der Waals surface area contributed by atoms with E-state index >= 15 is 0 Å². The molecule has 2 aliphatic rings. The standard InChI is InChI=1S/C18H21N5O3/c1-2-23-18(26)17(25)22-10-12-6-8-21(11-14(12)16(22)20-23)15(24)9-13-5-3-4-7-19-13/h3-5,7,12,14H,2,6,8-11H2,1H3/t12-,14+/m1/s1. The van der Waals surface area contributed by atoms with Gasteiger partial charge in [0.05, 0.1) is 6.42 Å². The monoisotopic (exact) mass is 355 g/mol. The normalized spacial score (nSPS) is 21.3. The highest BCUT2D eigenvalue weighted by molar-refractivity contribution is 5.78. The van der Waals surface area contributed by atoms with Gasteiger partial charge in [-0.05, 0) is 31.4 Å². The molecule has 0 saturated carbocycles. The van der Waals surface area contributed by atoms with Crippen molar-refractivity contribution in [1.82, 2.24) is 24.2 Å². The van der Waals surface area contributed by atoms with Gasteiger partial charge in [0.15, 0.2) is 0 Å². The highest BCUT2D eigenvalue weighted by atomic mass is 16.2. The maximum absolute atomic E-state index is 12.7. The minimum absolute atomic E-state index is 0.00234. The van der Waals surface area contributed by atoms with Crippen LogP contribution in [0.15, 0.2) is 34.0 Å². The number of likely N-dealkylation sites (tertiary alicyclic amines) is 1. The highest BCUT2D eigenvalue weighted by Crippen LogP contribution is 2.36. The van der Waals surface area contributed by atoms with Gasteiger partial charge >= 0.3 is 11.1 Å². The summed E-state index contributed by atoms with van der Waals surface area (Å²) < 4.78 is 2.74. The zero-order valence-corrected chi connectivity index (χ0v) is 14.7. The van der Waals surface area contributed by atoms with Crippen LogP contribution in [0, 0.1) is 5.92 Å². The van der Waals surface area contributed by atoms with E-state index in [1.54, 1.807) is 13.1 Å². The number of hydrogen-bond donors (Lipinski definition) is 0. The van der Waals surface area contributed by atoms with Gasteiger partial charge in [0, 0.05) is 44.0 Å². The summed E-state index contributed by atoms with van der Waals surface area (Å²) in [6.45, 7) is 3.87. The molecule has 2 aromatic rings. The first-order chi connectivity index (χ1) is 12.6. The molecule has 0 aromatic carbocycles. The van der Waals surface area contributed by atoms with Crippen molar-refractivity contribution in [3.63, 3.8) is 0 Å². The molecule has 8 heteroatoms. The smallest absolute Gasteiger partial charge is 0.332 e. The van der Waals surface area contributed by atoms with Gasteiger partial charge in [0.2, 0.25) is 5.91 Å². The summed E-state index contributed by atoms with van der Waals surface area (Å²) >= 11 is 0. The Morgan fingerprint density at radius 1 is 1.23 bits per heavy atom. The first-order valence-electron chi connectivity index (χ1n) is 8.98. The Morgan fingerprint density at radius 2 is 2.08 bits per heavy atom. The topological polar surface area (TPSA) is 90.1 Å². The van der Waals surface area contributed by atoms with E-state index in [2.05, 4.69) is 10.1 Å². The second kappa shape index (κ2) is 6.51. The fraction of sp³-hybridized carbons (Fsp3) is 0.500. The predicted molar refractivity (Wildman–Crippen MR) is 93.8 cm³/mol. The van der Waals surface area contributed by atoms with Crippen molar-refractivity contribution in [2.45, 2.75) is 38.8 Å². The molecule has 4 heterocycles. The van der Waals surface area contributed by atoms with Crippen molar-refractivity contribution in [3.8, 4) is 0 Å². The van der Waals surface area contributed by atoms with Crippen LogP contribution < -0.4 is 11.1 Å². The second-order valence-corrected chi connectivity index (χ2v) is 6.89. The van der Waals surface area contributed by atoms with Crippen LogP contribution in [0.2, 0.25) is 0 Å². The highest BCUT2D eigenvalue weighted by Gasteiger charge is 2.41. The SMILES string of the molecule is CCn1nc2n(c(=O)c1=O)C[C@H]1CCN(C(=O)Cc3ccccn3)C[C@H]21. The number of carbonyl (C=O) groups excluding carboxylic acids is 1. The van der Waals surface area contributed by atoms with E-state index in [4.69, 9.17) is 0 Å². The van der Waals surface area contributed by atoms with E-state index in [1.807, 2.05) is 23.1 Å². The molecule has 136 valence electrons. The van der Waals surface area contributed by atoms with Crippen molar-refractivity contribution in [2.75, 3.05) is 13.1 Å². The average Bonchev–Trinajstić information content (AvgIpc) is 3.03. The maximum Gasteiger partial charge on any atom is 0.332 e. The number of fused-ring (bicyclic) bond motifs is 3. The first-order valence-corrected chi connectivity index (χ1v) is 8.98. The van der Waals surface area contributed by atoms with Gasteiger partial charge in [-0.2, -0.15) is 5.10 Å². The van der Waals surface area contributed by atoms with Gasteiger partial charge in [-0.15, -0.1) is 0 Å². The third-order valence-electron chi connectivity index (χ3n) is 5.38. The average molecular weight is 355 g/mol. The van der Waals surface area contributed by atoms with Crippen molar-refractivity contribution in [2.24, 2.45) is 5.92 Å². The summed E-state index contributed by atoms with van der Waals surface area (Å²) in [5.41, 5.74) is -0.323. The van der Waals surface area contributed by atoms with Crippen molar-refractivity contribution >= 4 is 5.91 Å². The van der Waals surface area contributed by atoms with Crippen LogP contribution in [0.3, 0.4) is 0 Å². The lowest BCUT2D eigenvalue weighted by Crippen LogP contribution is -2.44. The van der Waals surface area contributed by atoms with Gasteiger partial charge in [-0.3, -0.25) is 23.9 Å². The molecule has 0 radical (unpaired) electrons. The number of hydrogen-bond acceptors (Lipinski definition) is 5. The van der Waals surface area contributed by atoms with Crippen LogP contribution in [0.4, 0.5) is 0 Å². The summed E-state index contributed by atoms with van der Waals surface area (Å²) in [7, 11) is 0. The van der Waals surface area contributed by atoms with Crippen molar-refractivity contribution in [1.29, 1.82) is 0 Å². The Bertz CT molecular complexity index is 950. The molecule has 0 aliphatic carbocycles. The Hall–Kier alpha value is -2.77. The van der Waals surface area contributed by atoms with Gasteiger partial charge in [0.1, 0.15) is 5.82 Å². The lowest BCUT2D eigenvalue weighted by atomic mass is 9.87. The lowest BCUT2D eigenvalue weighted by Gasteiger charge is -2.34. The summed E-state index contributed by atoms with van der Waals surface area (Å²) in [4.78, 5) is 43.1. The van der Waals surface area contributed by atoms with Gasteiger partial charge in [-0.1, -0.05) is 6.07 Å². The quantitative estimate of drug-likeness (QED) is 0.724. The van der Waals surface area contributed by atoms with Crippen molar-refractivity contribution in [3.05, 3.63) is 56.6 Å². The molecule has 0 spiro atoms. The minimum Gasteiger partial charge on any atom is -0.342 e. The summed E-state index contributed by atoms with van der Waals surface area (Å²) in [5, 5.41) is 4.41. The zero-order chi connectivity index (χ0) is 18.3. The number of carbonyl (C=O) groups is 1. The van der Waals surface area contributed by atoms with Crippen LogP contribution in [0.5, 0.6) is 0 Å².